The van der Waals surface area contributed by atoms with Crippen molar-refractivity contribution in [2.75, 3.05) is 44.8 Å². The predicted octanol–water partition coefficient (Wildman–Crippen LogP) is 1.57. The third kappa shape index (κ3) is 5.38. The highest BCUT2D eigenvalue weighted by Crippen LogP contribution is 2.31. The minimum Gasteiger partial charge on any atom is -0.496 e. The predicted molar refractivity (Wildman–Crippen MR) is 113 cm³/mol. The number of nitrogens with one attached hydrogen (secondary N) is 2. The minimum absolute atomic E-state index is 0.0701. The highest BCUT2D eigenvalue weighted by molar-refractivity contribution is 7.91. The van der Waals surface area contributed by atoms with Crippen LogP contribution in [-0.2, 0) is 9.84 Å². The van der Waals surface area contributed by atoms with Crippen molar-refractivity contribution < 1.29 is 13.2 Å². The van der Waals surface area contributed by atoms with Gasteiger partial charge in [0, 0.05) is 18.2 Å². The monoisotopic (exact) mass is 408 g/mol. The smallest absolute Gasteiger partial charge is 0.191 e. The van der Waals surface area contributed by atoms with Gasteiger partial charge in [0.25, 0.3) is 0 Å². The molecule has 156 valence electrons. The second-order valence-corrected chi connectivity index (χ2v) is 9.69. The summed E-state index contributed by atoms with van der Waals surface area (Å²) < 4.78 is 29.1. The second-order valence-electron chi connectivity index (χ2n) is 7.46. The number of aliphatic imine (C=N–C) groups is 1. The zero-order valence-corrected chi connectivity index (χ0v) is 17.7. The summed E-state index contributed by atoms with van der Waals surface area (Å²) in [5, 5.41) is 6.57. The Morgan fingerprint density at radius 3 is 2.71 bits per heavy atom. The molecule has 2 aliphatic rings. The van der Waals surface area contributed by atoms with Gasteiger partial charge in [0.2, 0.25) is 0 Å². The Kier molecular flexibility index (Phi) is 7.18. The van der Waals surface area contributed by atoms with Crippen LogP contribution in [0.1, 0.15) is 37.8 Å². The van der Waals surface area contributed by atoms with Crippen molar-refractivity contribution in [1.82, 2.24) is 15.5 Å². The molecule has 7 nitrogen and oxygen atoms in total. The highest BCUT2D eigenvalue weighted by atomic mass is 32.2. The number of methoxy groups -OCH3 is 1. The zero-order valence-electron chi connectivity index (χ0n) is 16.9. The van der Waals surface area contributed by atoms with Gasteiger partial charge < -0.3 is 15.4 Å². The summed E-state index contributed by atoms with van der Waals surface area (Å²) in [4.78, 5) is 7.29. The van der Waals surface area contributed by atoms with E-state index in [9.17, 15) is 8.42 Å². The van der Waals surface area contributed by atoms with E-state index in [0.717, 1.165) is 30.9 Å². The van der Waals surface area contributed by atoms with Crippen LogP contribution in [0, 0.1) is 0 Å². The molecule has 1 aromatic carbocycles. The molecule has 2 aliphatic heterocycles. The van der Waals surface area contributed by atoms with Gasteiger partial charge in [-0.05, 0) is 45.3 Å². The number of sulfone groups is 1. The number of guanidine groups is 1. The molecule has 0 saturated carbocycles. The molecule has 0 radical (unpaired) electrons. The third-order valence-corrected chi connectivity index (χ3v) is 7.19. The number of likely N-dealkylation sites (tertiary alicyclic amines) is 1. The van der Waals surface area contributed by atoms with Crippen molar-refractivity contribution in [2.45, 2.75) is 38.3 Å². The SMILES string of the molecule is CCNC(=NCC(c1ccccc1OC)N1CCCC1)NC1CCS(=O)(=O)C1. The first-order valence-corrected chi connectivity index (χ1v) is 12.0. The van der Waals surface area contributed by atoms with Crippen LogP contribution < -0.4 is 15.4 Å². The van der Waals surface area contributed by atoms with Gasteiger partial charge in [-0.1, -0.05) is 18.2 Å². The molecule has 0 aliphatic carbocycles. The van der Waals surface area contributed by atoms with Crippen molar-refractivity contribution in [3.05, 3.63) is 29.8 Å². The van der Waals surface area contributed by atoms with Gasteiger partial charge in [0.1, 0.15) is 5.75 Å². The molecule has 2 N–H and O–H groups in total. The average Bonchev–Trinajstić information content (AvgIpc) is 3.32. The van der Waals surface area contributed by atoms with E-state index in [0.29, 0.717) is 18.9 Å². The Bertz CT molecular complexity index is 775. The first-order chi connectivity index (χ1) is 13.5. The normalized spacial score (nSPS) is 23.5. The molecule has 2 unspecified atom stereocenters. The summed E-state index contributed by atoms with van der Waals surface area (Å²) in [7, 11) is -1.22. The topological polar surface area (TPSA) is 83.0 Å². The van der Waals surface area contributed by atoms with Crippen LogP contribution in [0.4, 0.5) is 0 Å². The van der Waals surface area contributed by atoms with Crippen LogP contribution >= 0.6 is 0 Å². The molecule has 2 saturated heterocycles. The minimum atomic E-state index is -2.92. The number of nitrogens with zero attached hydrogens (tertiary/aromatic N) is 2. The van der Waals surface area contributed by atoms with E-state index < -0.39 is 9.84 Å². The number of benzene rings is 1. The standard InChI is InChI=1S/C20H32N4O3S/c1-3-21-20(23-16-10-13-28(25,26)15-16)22-14-18(24-11-6-7-12-24)17-8-4-5-9-19(17)27-2/h4-5,8-9,16,18H,3,6-7,10-15H2,1-2H3,(H2,21,22,23). The highest BCUT2D eigenvalue weighted by Gasteiger charge is 2.29. The Balaban J connectivity index is 1.77. The van der Waals surface area contributed by atoms with Crippen molar-refractivity contribution in [1.29, 1.82) is 0 Å². The summed E-state index contributed by atoms with van der Waals surface area (Å²) in [5.41, 5.74) is 1.15. The molecule has 2 fully saturated rings. The number of ether oxygens (including phenoxy) is 1. The zero-order chi connectivity index (χ0) is 20.0. The van der Waals surface area contributed by atoms with Gasteiger partial charge in [-0.2, -0.15) is 0 Å². The van der Waals surface area contributed by atoms with Crippen LogP contribution in [0.5, 0.6) is 5.75 Å². The first-order valence-electron chi connectivity index (χ1n) is 10.1. The third-order valence-electron chi connectivity index (χ3n) is 5.42. The average molecular weight is 409 g/mol. The second kappa shape index (κ2) is 9.60. The maximum Gasteiger partial charge on any atom is 0.191 e. The molecule has 28 heavy (non-hydrogen) atoms. The fourth-order valence-electron chi connectivity index (χ4n) is 4.01. The fraction of sp³-hybridized carbons (Fsp3) is 0.650. The van der Waals surface area contributed by atoms with Crippen LogP contribution in [0.3, 0.4) is 0 Å². The molecule has 0 spiro atoms. The molecular weight excluding hydrogens is 376 g/mol. The largest absolute Gasteiger partial charge is 0.496 e. The summed E-state index contributed by atoms with van der Waals surface area (Å²) in [6.07, 6.45) is 3.04. The number of hydrogen-bond acceptors (Lipinski definition) is 5. The van der Waals surface area contributed by atoms with Crippen molar-refractivity contribution >= 4 is 15.8 Å². The lowest BCUT2D eigenvalue weighted by Crippen LogP contribution is -2.44. The van der Waals surface area contributed by atoms with Crippen LogP contribution in [0.25, 0.3) is 0 Å². The lowest BCUT2D eigenvalue weighted by atomic mass is 10.0. The Labute approximate surface area is 168 Å². The van der Waals surface area contributed by atoms with E-state index in [1.807, 2.05) is 25.1 Å². The molecular formula is C20H32N4O3S. The quantitative estimate of drug-likeness (QED) is 0.526. The van der Waals surface area contributed by atoms with Gasteiger partial charge in [-0.15, -0.1) is 0 Å². The van der Waals surface area contributed by atoms with Crippen LogP contribution in [-0.4, -0.2) is 70.1 Å². The van der Waals surface area contributed by atoms with E-state index in [2.05, 4.69) is 21.6 Å². The van der Waals surface area contributed by atoms with Gasteiger partial charge in [-0.3, -0.25) is 9.89 Å². The maximum atomic E-state index is 11.8. The molecule has 1 aromatic rings. The Hall–Kier alpha value is -1.80. The van der Waals surface area contributed by atoms with E-state index in [4.69, 9.17) is 9.73 Å². The Morgan fingerprint density at radius 1 is 1.32 bits per heavy atom. The van der Waals surface area contributed by atoms with Crippen molar-refractivity contribution in [3.8, 4) is 5.75 Å². The lowest BCUT2D eigenvalue weighted by molar-refractivity contribution is 0.245. The number of hydrogen-bond donors (Lipinski definition) is 2. The number of para-hydroxylation sites is 1. The van der Waals surface area contributed by atoms with Crippen molar-refractivity contribution in [3.63, 3.8) is 0 Å². The molecule has 0 aromatic heterocycles. The molecule has 0 amide bonds. The van der Waals surface area contributed by atoms with Crippen molar-refractivity contribution in [2.24, 2.45) is 4.99 Å². The molecule has 2 heterocycles. The first kappa shape index (κ1) is 20.9. The lowest BCUT2D eigenvalue weighted by Gasteiger charge is -2.28. The molecule has 2 atom stereocenters. The van der Waals surface area contributed by atoms with E-state index in [-0.39, 0.29) is 23.6 Å². The van der Waals surface area contributed by atoms with Gasteiger partial charge in [0.05, 0.1) is 31.2 Å². The summed E-state index contributed by atoms with van der Waals surface area (Å²) in [6.45, 7) is 5.45. The fourth-order valence-corrected chi connectivity index (χ4v) is 5.68. The molecule has 8 heteroatoms. The summed E-state index contributed by atoms with van der Waals surface area (Å²) in [5.74, 6) is 2.00. The molecule has 0 bridgehead atoms. The molecule has 3 rings (SSSR count). The van der Waals surface area contributed by atoms with E-state index >= 15 is 0 Å². The summed E-state index contributed by atoms with van der Waals surface area (Å²) >= 11 is 0. The van der Waals surface area contributed by atoms with Crippen LogP contribution in [0.15, 0.2) is 29.3 Å². The number of rotatable bonds is 7. The Morgan fingerprint density at radius 2 is 2.07 bits per heavy atom. The summed E-state index contributed by atoms with van der Waals surface area (Å²) in [6, 6.07) is 8.20. The van der Waals surface area contributed by atoms with E-state index in [1.54, 1.807) is 7.11 Å². The van der Waals surface area contributed by atoms with Gasteiger partial charge in [0.15, 0.2) is 15.8 Å². The van der Waals surface area contributed by atoms with Crippen LogP contribution in [0.2, 0.25) is 0 Å². The van der Waals surface area contributed by atoms with Gasteiger partial charge in [-0.25, -0.2) is 8.42 Å². The van der Waals surface area contributed by atoms with Gasteiger partial charge >= 0.3 is 0 Å². The van der Waals surface area contributed by atoms with E-state index in [1.165, 1.54) is 12.8 Å². The maximum absolute atomic E-state index is 11.8.